The molecule has 1 saturated heterocycles. The number of aromatic nitrogens is 1. The van der Waals surface area contributed by atoms with Crippen LogP contribution in [0.5, 0.6) is 11.5 Å². The number of phenolic OH excluding ortho intramolecular Hbond substituents is 1. The highest BCUT2D eigenvalue weighted by atomic mass is 32.2. The van der Waals surface area contributed by atoms with E-state index in [1.54, 1.807) is 46.0 Å². The Morgan fingerprint density at radius 1 is 1.27 bits per heavy atom. The van der Waals surface area contributed by atoms with Crippen LogP contribution >= 0.6 is 0 Å². The highest BCUT2D eigenvalue weighted by Gasteiger charge is 2.33. The minimum Gasteiger partial charge on any atom is -0.508 e. The van der Waals surface area contributed by atoms with Gasteiger partial charge in [0.05, 0.1) is 23.7 Å². The quantitative estimate of drug-likeness (QED) is 0.629. The van der Waals surface area contributed by atoms with Gasteiger partial charge in [0.1, 0.15) is 17.1 Å². The van der Waals surface area contributed by atoms with E-state index in [0.717, 1.165) is 0 Å². The highest BCUT2D eigenvalue weighted by Crippen LogP contribution is 2.27. The Balaban J connectivity index is 1.52. The molecule has 33 heavy (non-hydrogen) atoms. The molecule has 180 valence electrons. The first-order valence-corrected chi connectivity index (χ1v) is 12.2. The predicted octanol–water partition coefficient (Wildman–Crippen LogP) is 3.21. The minimum atomic E-state index is -3.62. The van der Waals surface area contributed by atoms with Crippen LogP contribution in [0.15, 0.2) is 41.4 Å². The molecule has 1 fully saturated rings. The van der Waals surface area contributed by atoms with Crippen LogP contribution in [-0.2, 0) is 21.3 Å². The van der Waals surface area contributed by atoms with Gasteiger partial charge < -0.3 is 19.9 Å². The molecule has 9 nitrogen and oxygen atoms in total. The Labute approximate surface area is 194 Å². The van der Waals surface area contributed by atoms with Gasteiger partial charge in [0.2, 0.25) is 10.0 Å². The number of aromatic hydroxyl groups is 1. The zero-order valence-electron chi connectivity index (χ0n) is 19.4. The summed E-state index contributed by atoms with van der Waals surface area (Å²) in [5.74, 6) is 0.718. The van der Waals surface area contributed by atoms with Gasteiger partial charge in [0, 0.05) is 31.3 Å². The van der Waals surface area contributed by atoms with Crippen molar-refractivity contribution in [2.75, 3.05) is 19.7 Å². The van der Waals surface area contributed by atoms with Crippen molar-refractivity contribution in [1.29, 1.82) is 0 Å². The van der Waals surface area contributed by atoms with Crippen LogP contribution in [0.3, 0.4) is 0 Å². The predicted molar refractivity (Wildman–Crippen MR) is 123 cm³/mol. The Morgan fingerprint density at radius 3 is 2.73 bits per heavy atom. The maximum absolute atomic E-state index is 12.9. The second-order valence-electron chi connectivity index (χ2n) is 9.12. The zero-order chi connectivity index (χ0) is 24.2. The molecule has 1 aromatic carbocycles. The minimum absolute atomic E-state index is 0.0505. The molecule has 2 N–H and O–H groups in total. The second kappa shape index (κ2) is 9.96. The molecular weight excluding hydrogens is 446 g/mol. The molecule has 2 aromatic rings. The number of benzene rings is 1. The average molecular weight is 478 g/mol. The summed E-state index contributed by atoms with van der Waals surface area (Å²) in [5, 5.41) is 12.3. The number of nitrogens with one attached hydrogen (secondary N) is 1. The number of hydrogen-bond donors (Lipinski definition) is 2. The molecule has 1 atom stereocenters. The fraction of sp³-hybridized carbons (Fsp3) is 0.478. The van der Waals surface area contributed by atoms with Gasteiger partial charge in [-0.25, -0.2) is 13.2 Å². The summed E-state index contributed by atoms with van der Waals surface area (Å²) in [4.78, 5) is 16.2. The van der Waals surface area contributed by atoms with Crippen molar-refractivity contribution in [3.05, 3.63) is 47.8 Å². The van der Waals surface area contributed by atoms with Gasteiger partial charge in [-0.3, -0.25) is 4.98 Å². The fourth-order valence-corrected chi connectivity index (χ4v) is 5.04. The van der Waals surface area contributed by atoms with E-state index >= 15 is 0 Å². The van der Waals surface area contributed by atoms with Gasteiger partial charge >= 0.3 is 6.09 Å². The first-order chi connectivity index (χ1) is 15.4. The number of amides is 1. The number of ether oxygens (including phenoxy) is 2. The number of alkyl carbamates (subject to hydrolysis) is 1. The van der Waals surface area contributed by atoms with E-state index in [1.165, 1.54) is 22.5 Å². The summed E-state index contributed by atoms with van der Waals surface area (Å²) in [5.41, 5.74) is 0.563. The summed E-state index contributed by atoms with van der Waals surface area (Å²) in [6, 6.07) is 7.76. The number of rotatable bonds is 7. The molecule has 2 heterocycles. The van der Waals surface area contributed by atoms with Crippen molar-refractivity contribution >= 4 is 16.1 Å². The van der Waals surface area contributed by atoms with Crippen molar-refractivity contribution in [2.24, 2.45) is 5.92 Å². The molecule has 0 aliphatic carbocycles. The van der Waals surface area contributed by atoms with E-state index in [1.807, 2.05) is 0 Å². The lowest BCUT2D eigenvalue weighted by Crippen LogP contribution is -2.32. The number of nitrogens with zero attached hydrogens (tertiary/aromatic N) is 2. The number of phenols is 1. The fourth-order valence-electron chi connectivity index (χ4n) is 3.42. The second-order valence-corrected chi connectivity index (χ2v) is 11.1. The van der Waals surface area contributed by atoms with Gasteiger partial charge in [-0.05, 0) is 63.9 Å². The Kier molecular flexibility index (Phi) is 7.48. The van der Waals surface area contributed by atoms with E-state index in [2.05, 4.69) is 10.3 Å². The van der Waals surface area contributed by atoms with Gasteiger partial charge in [-0.1, -0.05) is 0 Å². The van der Waals surface area contributed by atoms with Crippen LogP contribution in [0.1, 0.15) is 38.4 Å². The average Bonchev–Trinajstić information content (AvgIpc) is 3.22. The number of aryl methyl sites for hydroxylation is 1. The van der Waals surface area contributed by atoms with Crippen molar-refractivity contribution in [3.63, 3.8) is 0 Å². The molecule has 0 saturated carbocycles. The topological polar surface area (TPSA) is 118 Å². The van der Waals surface area contributed by atoms with Crippen LogP contribution in [0.2, 0.25) is 0 Å². The zero-order valence-corrected chi connectivity index (χ0v) is 20.2. The van der Waals surface area contributed by atoms with E-state index in [0.29, 0.717) is 43.1 Å². The number of sulfonamides is 1. The van der Waals surface area contributed by atoms with Crippen LogP contribution in [-0.4, -0.2) is 54.2 Å². The van der Waals surface area contributed by atoms with Crippen LogP contribution in [0.25, 0.3) is 0 Å². The normalized spacial score (nSPS) is 17.0. The lowest BCUT2D eigenvalue weighted by molar-refractivity contribution is 0.0522. The molecular formula is C23H31N3O6S. The first kappa shape index (κ1) is 24.8. The Bertz CT molecular complexity index is 1100. The van der Waals surface area contributed by atoms with E-state index < -0.39 is 21.7 Å². The summed E-state index contributed by atoms with van der Waals surface area (Å²) >= 11 is 0. The number of pyridine rings is 1. The maximum atomic E-state index is 12.9. The molecule has 1 aliphatic rings. The molecule has 3 rings (SSSR count). The molecule has 1 aromatic heterocycles. The molecule has 0 unspecified atom stereocenters. The third-order valence-electron chi connectivity index (χ3n) is 5.14. The van der Waals surface area contributed by atoms with Crippen LogP contribution in [0.4, 0.5) is 4.79 Å². The lowest BCUT2D eigenvalue weighted by atomic mass is 10.1. The molecule has 0 bridgehead atoms. The summed E-state index contributed by atoms with van der Waals surface area (Å²) in [6.07, 6.45) is 1.76. The lowest BCUT2D eigenvalue weighted by Gasteiger charge is -2.19. The van der Waals surface area contributed by atoms with Crippen molar-refractivity contribution < 1.29 is 27.8 Å². The van der Waals surface area contributed by atoms with Crippen LogP contribution in [0, 0.1) is 12.8 Å². The Hall–Kier alpha value is -2.85. The van der Waals surface area contributed by atoms with Gasteiger partial charge in [-0.2, -0.15) is 4.31 Å². The summed E-state index contributed by atoms with van der Waals surface area (Å²) < 4.78 is 38.4. The van der Waals surface area contributed by atoms with E-state index in [-0.39, 0.29) is 23.1 Å². The maximum Gasteiger partial charge on any atom is 0.407 e. The monoisotopic (exact) mass is 477 g/mol. The number of carbonyl (C=O) groups excluding carboxylic acids is 1. The first-order valence-electron chi connectivity index (χ1n) is 10.8. The molecule has 0 radical (unpaired) electrons. The van der Waals surface area contributed by atoms with Gasteiger partial charge in [0.25, 0.3) is 0 Å². The number of hydrogen-bond acceptors (Lipinski definition) is 7. The smallest absolute Gasteiger partial charge is 0.407 e. The SMILES string of the molecule is Cc1cc(S(=O)(=O)N2CC[C@H](COc3ccnc(CNC(=O)OC(C)(C)C)c3)C2)ccc1O. The molecule has 10 heteroatoms. The van der Waals surface area contributed by atoms with Crippen molar-refractivity contribution in [2.45, 2.75) is 51.2 Å². The van der Waals surface area contributed by atoms with Crippen molar-refractivity contribution in [1.82, 2.24) is 14.6 Å². The molecule has 0 spiro atoms. The highest BCUT2D eigenvalue weighted by molar-refractivity contribution is 7.89. The number of carbonyl (C=O) groups is 1. The standard InChI is InChI=1S/C23H31N3O6S/c1-16-11-20(5-6-21(16)27)33(29,30)26-10-8-17(14-26)15-31-19-7-9-24-18(12-19)13-25-22(28)32-23(2,3)4/h5-7,9,11-12,17,27H,8,10,13-15H2,1-4H3,(H,25,28)/t17-/m0/s1. The largest absolute Gasteiger partial charge is 0.508 e. The third-order valence-corrected chi connectivity index (χ3v) is 7.00. The van der Waals surface area contributed by atoms with Gasteiger partial charge in [-0.15, -0.1) is 0 Å². The van der Waals surface area contributed by atoms with E-state index in [4.69, 9.17) is 9.47 Å². The Morgan fingerprint density at radius 2 is 2.03 bits per heavy atom. The van der Waals surface area contributed by atoms with Crippen LogP contribution < -0.4 is 10.1 Å². The molecule has 1 aliphatic heterocycles. The van der Waals surface area contributed by atoms with Crippen molar-refractivity contribution in [3.8, 4) is 11.5 Å². The summed E-state index contributed by atoms with van der Waals surface area (Å²) in [7, 11) is -3.62. The van der Waals surface area contributed by atoms with E-state index in [9.17, 15) is 18.3 Å². The molecule has 1 amide bonds. The third kappa shape index (κ3) is 6.82. The summed E-state index contributed by atoms with van der Waals surface area (Å²) in [6.45, 7) is 8.39. The van der Waals surface area contributed by atoms with Gasteiger partial charge in [0.15, 0.2) is 0 Å².